The van der Waals surface area contributed by atoms with E-state index in [1.807, 2.05) is 12.1 Å². The summed E-state index contributed by atoms with van der Waals surface area (Å²) in [6.07, 6.45) is 0.738. The number of carboxylic acid groups (broad SMARTS) is 1. The fraction of sp³-hybridized carbons (Fsp3) is 0.308. The molecular weight excluding hydrogens is 220 g/mol. The first-order chi connectivity index (χ1) is 7.56. The van der Waals surface area contributed by atoms with E-state index in [1.165, 1.54) is 0 Å². The van der Waals surface area contributed by atoms with Gasteiger partial charge in [-0.3, -0.25) is 0 Å². The predicted molar refractivity (Wildman–Crippen MR) is 68.2 cm³/mol. The number of aromatic carboxylic acids is 1. The number of hydrogen-bond donors (Lipinski definition) is 2. The van der Waals surface area contributed by atoms with Crippen molar-refractivity contribution in [1.29, 1.82) is 0 Å². The Balaban J connectivity index is 3.11. The minimum atomic E-state index is -0.884. The Labute approximate surface area is 101 Å². The molecule has 1 rings (SSSR count). The van der Waals surface area contributed by atoms with Gasteiger partial charge in [-0.1, -0.05) is 11.8 Å². The summed E-state index contributed by atoms with van der Waals surface area (Å²) in [6, 6.07) is 3.62. The first-order valence-corrected chi connectivity index (χ1v) is 5.63. The maximum absolute atomic E-state index is 11.0. The molecule has 0 saturated heterocycles. The second-order valence-electron chi connectivity index (χ2n) is 3.57. The first-order valence-electron chi connectivity index (χ1n) is 5.00. The predicted octanol–water partition coefficient (Wildman–Crippen LogP) is 2.67. The molecule has 0 radical (unpaired) electrons. The molecule has 1 aromatic rings. The monoisotopic (exact) mass is 234 g/mol. The zero-order chi connectivity index (χ0) is 12.1. The quantitative estimate of drug-likeness (QED) is 0.610. The van der Waals surface area contributed by atoms with Crippen LogP contribution in [0.1, 0.15) is 33.5 Å². The second kappa shape index (κ2) is 5.62. The van der Waals surface area contributed by atoms with Crippen LogP contribution in [0.15, 0.2) is 12.1 Å². The van der Waals surface area contributed by atoms with Crippen LogP contribution in [0, 0.1) is 25.7 Å². The smallest absolute Gasteiger partial charge is 0.336 e. The van der Waals surface area contributed by atoms with Gasteiger partial charge in [-0.25, -0.2) is 4.79 Å². The summed E-state index contributed by atoms with van der Waals surface area (Å²) in [5.41, 5.74) is 2.74. The molecule has 0 spiro atoms. The molecule has 0 aliphatic rings. The van der Waals surface area contributed by atoms with Gasteiger partial charge in [0.05, 0.1) is 5.56 Å². The third-order valence-corrected chi connectivity index (χ3v) is 2.44. The topological polar surface area (TPSA) is 37.3 Å². The highest BCUT2D eigenvalue weighted by molar-refractivity contribution is 7.80. The van der Waals surface area contributed by atoms with Gasteiger partial charge in [0.15, 0.2) is 0 Å². The molecule has 2 nitrogen and oxygen atoms in total. The van der Waals surface area contributed by atoms with Crippen molar-refractivity contribution in [3.8, 4) is 11.8 Å². The Bertz CT molecular complexity index is 444. The van der Waals surface area contributed by atoms with Crippen LogP contribution in [0.2, 0.25) is 0 Å². The third kappa shape index (κ3) is 3.04. The van der Waals surface area contributed by atoms with E-state index in [9.17, 15) is 4.79 Å². The van der Waals surface area contributed by atoms with Crippen LogP contribution in [0.4, 0.5) is 0 Å². The van der Waals surface area contributed by atoms with Crippen molar-refractivity contribution in [3.63, 3.8) is 0 Å². The normalized spacial score (nSPS) is 9.44. The standard InChI is InChI=1S/C13H14O2S/c1-9-7-11(5-3-4-6-16)8-10(2)12(9)13(14)15/h7-8,16H,4,6H2,1-2H3,(H,14,15). The molecule has 0 bridgehead atoms. The molecule has 0 unspecified atom stereocenters. The highest BCUT2D eigenvalue weighted by Crippen LogP contribution is 2.16. The molecule has 1 N–H and O–H groups in total. The number of rotatable bonds is 2. The van der Waals surface area contributed by atoms with Crippen LogP contribution >= 0.6 is 12.6 Å². The Morgan fingerprint density at radius 1 is 1.38 bits per heavy atom. The number of carboxylic acids is 1. The Kier molecular flexibility index (Phi) is 4.45. The van der Waals surface area contributed by atoms with Gasteiger partial charge in [0.1, 0.15) is 0 Å². The summed E-state index contributed by atoms with van der Waals surface area (Å²) in [4.78, 5) is 11.0. The summed E-state index contributed by atoms with van der Waals surface area (Å²) in [5.74, 6) is 5.83. The van der Waals surface area contributed by atoms with E-state index in [2.05, 4.69) is 24.5 Å². The maximum atomic E-state index is 11.0. The molecule has 3 heteroatoms. The Morgan fingerprint density at radius 3 is 2.38 bits per heavy atom. The lowest BCUT2D eigenvalue weighted by atomic mass is 9.99. The highest BCUT2D eigenvalue weighted by atomic mass is 32.1. The highest BCUT2D eigenvalue weighted by Gasteiger charge is 2.10. The third-order valence-electron chi connectivity index (χ3n) is 2.22. The maximum Gasteiger partial charge on any atom is 0.336 e. The molecule has 0 fully saturated rings. The van der Waals surface area contributed by atoms with Gasteiger partial charge < -0.3 is 5.11 Å². The van der Waals surface area contributed by atoms with Crippen molar-refractivity contribution >= 4 is 18.6 Å². The molecule has 0 aliphatic carbocycles. The molecule has 0 amide bonds. The van der Waals surface area contributed by atoms with Gasteiger partial charge in [-0.2, -0.15) is 12.6 Å². The zero-order valence-electron chi connectivity index (χ0n) is 9.37. The largest absolute Gasteiger partial charge is 0.478 e. The molecule has 84 valence electrons. The SMILES string of the molecule is Cc1cc(C#CCCS)cc(C)c1C(=O)O. The van der Waals surface area contributed by atoms with E-state index in [1.54, 1.807) is 13.8 Å². The summed E-state index contributed by atoms with van der Waals surface area (Å²) in [6.45, 7) is 3.58. The average Bonchev–Trinajstić information content (AvgIpc) is 2.16. The van der Waals surface area contributed by atoms with Gasteiger partial charge in [0, 0.05) is 17.7 Å². The van der Waals surface area contributed by atoms with Crippen LogP contribution < -0.4 is 0 Å². The first kappa shape index (κ1) is 12.7. The Morgan fingerprint density at radius 2 is 1.94 bits per heavy atom. The van der Waals surface area contributed by atoms with Gasteiger partial charge in [-0.15, -0.1) is 0 Å². The summed E-state index contributed by atoms with van der Waals surface area (Å²) in [7, 11) is 0. The van der Waals surface area contributed by atoms with E-state index in [0.717, 1.165) is 28.9 Å². The van der Waals surface area contributed by atoms with Crippen molar-refractivity contribution in [2.45, 2.75) is 20.3 Å². The molecule has 0 aliphatic heterocycles. The number of carbonyl (C=O) groups is 1. The molecule has 0 heterocycles. The van der Waals surface area contributed by atoms with Crippen molar-refractivity contribution in [2.24, 2.45) is 0 Å². The lowest BCUT2D eigenvalue weighted by Gasteiger charge is -2.05. The van der Waals surface area contributed by atoms with Crippen LogP contribution in [0.25, 0.3) is 0 Å². The molecule has 0 aromatic heterocycles. The van der Waals surface area contributed by atoms with Gasteiger partial charge in [-0.05, 0) is 37.1 Å². The van der Waals surface area contributed by atoms with Crippen molar-refractivity contribution in [2.75, 3.05) is 5.75 Å². The van der Waals surface area contributed by atoms with Crippen molar-refractivity contribution < 1.29 is 9.90 Å². The molecule has 0 atom stereocenters. The number of aryl methyl sites for hydroxylation is 2. The van der Waals surface area contributed by atoms with Crippen molar-refractivity contribution in [1.82, 2.24) is 0 Å². The molecule has 16 heavy (non-hydrogen) atoms. The van der Waals surface area contributed by atoms with E-state index in [4.69, 9.17) is 5.11 Å². The Hall–Kier alpha value is -1.40. The van der Waals surface area contributed by atoms with Crippen LogP contribution in [0.3, 0.4) is 0 Å². The van der Waals surface area contributed by atoms with Gasteiger partial charge in [0.25, 0.3) is 0 Å². The fourth-order valence-corrected chi connectivity index (χ4v) is 1.71. The minimum Gasteiger partial charge on any atom is -0.478 e. The van der Waals surface area contributed by atoms with E-state index >= 15 is 0 Å². The molecular formula is C13H14O2S. The lowest BCUT2D eigenvalue weighted by Crippen LogP contribution is -2.03. The zero-order valence-corrected chi connectivity index (χ0v) is 10.3. The minimum absolute atomic E-state index is 0.375. The summed E-state index contributed by atoms with van der Waals surface area (Å²) < 4.78 is 0. The van der Waals surface area contributed by atoms with E-state index < -0.39 is 5.97 Å². The molecule has 1 aromatic carbocycles. The fourth-order valence-electron chi connectivity index (χ4n) is 1.59. The van der Waals surface area contributed by atoms with Crippen LogP contribution in [-0.2, 0) is 0 Å². The summed E-state index contributed by atoms with van der Waals surface area (Å²) in [5, 5.41) is 9.01. The number of benzene rings is 1. The molecule has 0 saturated carbocycles. The van der Waals surface area contributed by atoms with Crippen LogP contribution in [-0.4, -0.2) is 16.8 Å². The van der Waals surface area contributed by atoms with Crippen molar-refractivity contribution in [3.05, 3.63) is 34.4 Å². The average molecular weight is 234 g/mol. The van der Waals surface area contributed by atoms with E-state index in [0.29, 0.717) is 5.56 Å². The van der Waals surface area contributed by atoms with Gasteiger partial charge >= 0.3 is 5.97 Å². The lowest BCUT2D eigenvalue weighted by molar-refractivity contribution is 0.0695. The number of hydrogen-bond acceptors (Lipinski definition) is 2. The number of thiol groups is 1. The summed E-state index contributed by atoms with van der Waals surface area (Å²) >= 11 is 4.07. The van der Waals surface area contributed by atoms with Crippen LogP contribution in [0.5, 0.6) is 0 Å². The second-order valence-corrected chi connectivity index (χ2v) is 4.01. The van der Waals surface area contributed by atoms with Gasteiger partial charge in [0.2, 0.25) is 0 Å². The van der Waals surface area contributed by atoms with E-state index in [-0.39, 0.29) is 0 Å².